The highest BCUT2D eigenvalue weighted by Crippen LogP contribution is 2.51. The lowest BCUT2D eigenvalue weighted by molar-refractivity contribution is -0.118. The molecule has 3 aromatic carbocycles. The van der Waals surface area contributed by atoms with Gasteiger partial charge in [-0.3, -0.25) is 14.6 Å². The lowest BCUT2D eigenvalue weighted by atomic mass is 9.94. The first kappa shape index (κ1) is 25.6. The van der Waals surface area contributed by atoms with Crippen molar-refractivity contribution in [3.05, 3.63) is 107 Å². The average Bonchev–Trinajstić information content (AvgIpc) is 3.67. The van der Waals surface area contributed by atoms with Gasteiger partial charge in [0.1, 0.15) is 0 Å². The highest BCUT2D eigenvalue weighted by atomic mass is 16.7. The average molecular weight is 534 g/mol. The van der Waals surface area contributed by atoms with E-state index in [0.717, 1.165) is 46.5 Å². The van der Waals surface area contributed by atoms with Gasteiger partial charge in [0.2, 0.25) is 12.7 Å². The molecule has 1 aliphatic carbocycles. The van der Waals surface area contributed by atoms with Gasteiger partial charge in [-0.05, 0) is 90.6 Å². The van der Waals surface area contributed by atoms with Gasteiger partial charge in [-0.25, -0.2) is 0 Å². The molecule has 7 heteroatoms. The summed E-state index contributed by atoms with van der Waals surface area (Å²) in [6.45, 7) is 2.84. The Morgan fingerprint density at radius 1 is 0.950 bits per heavy atom. The highest BCUT2D eigenvalue weighted by Gasteiger charge is 2.51. The first-order chi connectivity index (χ1) is 19.4. The molecular weight excluding hydrogens is 502 g/mol. The van der Waals surface area contributed by atoms with E-state index in [4.69, 9.17) is 9.47 Å². The molecule has 6 rings (SSSR count). The van der Waals surface area contributed by atoms with Gasteiger partial charge in [0, 0.05) is 43.2 Å². The maximum Gasteiger partial charge on any atom is 0.253 e. The summed E-state index contributed by atoms with van der Waals surface area (Å²) >= 11 is 0. The number of hydrogen-bond acceptors (Lipinski definition) is 5. The van der Waals surface area contributed by atoms with Crippen LogP contribution >= 0.6 is 0 Å². The number of nitrogens with one attached hydrogen (secondary N) is 1. The van der Waals surface area contributed by atoms with E-state index in [1.54, 1.807) is 11.1 Å². The Hall–Kier alpha value is -4.65. The third-order valence-electron chi connectivity index (χ3n) is 7.82. The van der Waals surface area contributed by atoms with Crippen molar-refractivity contribution in [2.24, 2.45) is 0 Å². The van der Waals surface area contributed by atoms with Crippen LogP contribution in [0.25, 0.3) is 11.1 Å². The Morgan fingerprint density at radius 2 is 1.75 bits per heavy atom. The fourth-order valence-corrected chi connectivity index (χ4v) is 5.17. The van der Waals surface area contributed by atoms with Gasteiger partial charge in [-0.15, -0.1) is 0 Å². The summed E-state index contributed by atoms with van der Waals surface area (Å²) in [5, 5.41) is 3.14. The van der Waals surface area contributed by atoms with Crippen LogP contribution in [0.1, 0.15) is 40.0 Å². The summed E-state index contributed by atoms with van der Waals surface area (Å²) in [4.78, 5) is 32.5. The first-order valence-corrected chi connectivity index (χ1v) is 13.5. The number of aryl methyl sites for hydroxylation is 1. The molecule has 2 amide bonds. The molecule has 202 valence electrons. The van der Waals surface area contributed by atoms with Crippen molar-refractivity contribution in [2.45, 2.75) is 31.6 Å². The normalized spacial score (nSPS) is 14.4. The molecule has 4 aromatic rings. The number of carbonyl (C=O) groups excluding carboxylic acids is 2. The maximum atomic E-state index is 13.4. The van der Waals surface area contributed by atoms with Gasteiger partial charge in [-0.2, -0.15) is 0 Å². The predicted molar refractivity (Wildman–Crippen MR) is 154 cm³/mol. The molecular formula is C33H31N3O4. The minimum Gasteiger partial charge on any atom is -0.454 e. The summed E-state index contributed by atoms with van der Waals surface area (Å²) in [7, 11) is 1.81. The number of anilines is 1. The molecule has 0 saturated heterocycles. The van der Waals surface area contributed by atoms with Gasteiger partial charge in [-0.1, -0.05) is 30.3 Å². The van der Waals surface area contributed by atoms with Gasteiger partial charge < -0.3 is 19.7 Å². The van der Waals surface area contributed by atoms with Gasteiger partial charge in [0.05, 0.1) is 5.41 Å². The van der Waals surface area contributed by atoms with Crippen LogP contribution in [-0.4, -0.2) is 42.1 Å². The fraction of sp³-hybridized carbons (Fsp3) is 0.242. The van der Waals surface area contributed by atoms with Crippen LogP contribution in [-0.2, 0) is 16.6 Å². The SMILES string of the molecule is Cc1ccc(NC(=O)C2(c3ccc4c(c3)OCO4)CC2)cc1-c1ccc(C(=O)N(C)CCc2ccccn2)cc1. The van der Waals surface area contributed by atoms with E-state index in [9.17, 15) is 9.59 Å². The number of fused-ring (bicyclic) bond motifs is 1. The molecule has 2 heterocycles. The molecule has 1 N–H and O–H groups in total. The molecule has 0 radical (unpaired) electrons. The lowest BCUT2D eigenvalue weighted by Crippen LogP contribution is -2.28. The first-order valence-electron chi connectivity index (χ1n) is 13.5. The number of ether oxygens (including phenoxy) is 2. The Bertz CT molecular complexity index is 1560. The Morgan fingerprint density at radius 3 is 2.50 bits per heavy atom. The number of pyridine rings is 1. The Balaban J connectivity index is 1.14. The van der Waals surface area contributed by atoms with Crippen LogP contribution in [0.3, 0.4) is 0 Å². The zero-order chi connectivity index (χ0) is 27.7. The van der Waals surface area contributed by atoms with Crippen LogP contribution in [0.5, 0.6) is 11.5 Å². The minimum atomic E-state index is -0.545. The second-order valence-electron chi connectivity index (χ2n) is 10.5. The van der Waals surface area contributed by atoms with E-state index in [1.165, 1.54) is 0 Å². The molecule has 40 heavy (non-hydrogen) atoms. The molecule has 0 atom stereocenters. The molecule has 1 aliphatic heterocycles. The molecule has 2 aliphatic rings. The smallest absolute Gasteiger partial charge is 0.253 e. The van der Waals surface area contributed by atoms with Crippen LogP contribution in [0, 0.1) is 6.92 Å². The molecule has 0 unspecified atom stereocenters. The lowest BCUT2D eigenvalue weighted by Gasteiger charge is -2.18. The van der Waals surface area contributed by atoms with Crippen LogP contribution in [0.15, 0.2) is 85.1 Å². The van der Waals surface area contributed by atoms with Crippen LogP contribution in [0.2, 0.25) is 0 Å². The van der Waals surface area contributed by atoms with E-state index in [1.807, 2.05) is 92.8 Å². The predicted octanol–water partition coefficient (Wildman–Crippen LogP) is 5.77. The summed E-state index contributed by atoms with van der Waals surface area (Å²) in [5.74, 6) is 1.36. The number of carbonyl (C=O) groups is 2. The largest absolute Gasteiger partial charge is 0.454 e. The van der Waals surface area contributed by atoms with E-state index >= 15 is 0 Å². The van der Waals surface area contributed by atoms with Crippen molar-refractivity contribution in [3.63, 3.8) is 0 Å². The quantitative estimate of drug-likeness (QED) is 0.311. The van der Waals surface area contributed by atoms with Crippen molar-refractivity contribution in [2.75, 3.05) is 25.7 Å². The number of aromatic nitrogens is 1. The third-order valence-corrected chi connectivity index (χ3v) is 7.82. The van der Waals surface area contributed by atoms with E-state index < -0.39 is 5.41 Å². The number of rotatable bonds is 8. The fourth-order valence-electron chi connectivity index (χ4n) is 5.17. The third kappa shape index (κ3) is 5.02. The second kappa shape index (κ2) is 10.5. The highest BCUT2D eigenvalue weighted by molar-refractivity contribution is 6.02. The summed E-state index contributed by atoms with van der Waals surface area (Å²) < 4.78 is 10.9. The number of hydrogen-bond donors (Lipinski definition) is 1. The number of benzene rings is 3. The zero-order valence-electron chi connectivity index (χ0n) is 22.6. The minimum absolute atomic E-state index is 0.0177. The van der Waals surface area contributed by atoms with Crippen LogP contribution in [0.4, 0.5) is 5.69 Å². The summed E-state index contributed by atoms with van der Waals surface area (Å²) in [6.07, 6.45) is 4.06. The topological polar surface area (TPSA) is 80.8 Å². The Labute approximate surface area is 233 Å². The van der Waals surface area contributed by atoms with E-state index in [0.29, 0.717) is 30.0 Å². The van der Waals surface area contributed by atoms with Crippen molar-refractivity contribution in [1.82, 2.24) is 9.88 Å². The van der Waals surface area contributed by atoms with Gasteiger partial charge >= 0.3 is 0 Å². The van der Waals surface area contributed by atoms with Crippen molar-refractivity contribution in [1.29, 1.82) is 0 Å². The number of likely N-dealkylation sites (N-methyl/N-ethyl adjacent to an activating group) is 1. The number of amides is 2. The van der Waals surface area contributed by atoms with Crippen molar-refractivity contribution >= 4 is 17.5 Å². The second-order valence-corrected chi connectivity index (χ2v) is 10.5. The standard InChI is InChI=1S/C33H31N3O4/c1-22-6-12-27(35-32(38)33(15-16-33)25-11-13-29-30(19-25)40-21-39-29)20-28(22)23-7-9-24(10-8-23)31(37)36(2)18-14-26-5-3-4-17-34-26/h3-13,17,19-20H,14-16,18,21H2,1-2H3,(H,35,38). The van der Waals surface area contributed by atoms with Gasteiger partial charge in [0.25, 0.3) is 5.91 Å². The van der Waals surface area contributed by atoms with Crippen molar-refractivity contribution in [3.8, 4) is 22.6 Å². The molecule has 1 fully saturated rings. The molecule has 1 aromatic heterocycles. The maximum absolute atomic E-state index is 13.4. The monoisotopic (exact) mass is 533 g/mol. The summed E-state index contributed by atoms with van der Waals surface area (Å²) in [6, 6.07) is 25.1. The van der Waals surface area contributed by atoms with E-state index in [-0.39, 0.29) is 18.6 Å². The van der Waals surface area contributed by atoms with Crippen LogP contribution < -0.4 is 14.8 Å². The Kier molecular flexibility index (Phi) is 6.72. The summed E-state index contributed by atoms with van der Waals surface area (Å²) in [5.41, 5.74) is 5.82. The zero-order valence-corrected chi connectivity index (χ0v) is 22.6. The van der Waals surface area contributed by atoms with Gasteiger partial charge in [0.15, 0.2) is 11.5 Å². The molecule has 0 spiro atoms. The van der Waals surface area contributed by atoms with Crippen molar-refractivity contribution < 1.29 is 19.1 Å². The molecule has 7 nitrogen and oxygen atoms in total. The molecule has 1 saturated carbocycles. The molecule has 0 bridgehead atoms. The van der Waals surface area contributed by atoms with E-state index in [2.05, 4.69) is 10.3 Å². The number of nitrogens with zero attached hydrogens (tertiary/aromatic N) is 2.